The number of aromatic nitrogens is 1. The van der Waals surface area contributed by atoms with Gasteiger partial charge in [-0.3, -0.25) is 4.98 Å². The van der Waals surface area contributed by atoms with Gasteiger partial charge in [-0.2, -0.15) is 0 Å². The molecule has 0 aliphatic rings. The van der Waals surface area contributed by atoms with Crippen LogP contribution in [0.3, 0.4) is 0 Å². The topological polar surface area (TPSA) is 12.9 Å². The predicted octanol–water partition coefficient (Wildman–Crippen LogP) is 4.61. The van der Waals surface area contributed by atoms with Crippen LogP contribution >= 0.6 is 0 Å². The van der Waals surface area contributed by atoms with Gasteiger partial charge in [-0.05, 0) is 29.2 Å². The van der Waals surface area contributed by atoms with Crippen molar-refractivity contribution in [2.45, 2.75) is 45.7 Å². The maximum atomic E-state index is 4.70. The summed E-state index contributed by atoms with van der Waals surface area (Å²) in [5.74, 6) is 0.592. The van der Waals surface area contributed by atoms with E-state index in [1.807, 2.05) is 0 Å². The fraction of sp³-hybridized carbons (Fsp3) is 0.389. The Balaban J connectivity index is 2.37. The molecule has 1 radical (unpaired) electrons. The van der Waals surface area contributed by atoms with Crippen LogP contribution in [0, 0.1) is 0 Å². The molecule has 2 rings (SSSR count). The highest BCUT2D eigenvalue weighted by Crippen LogP contribution is 2.30. The minimum Gasteiger partial charge on any atom is -0.256 e. The summed E-state index contributed by atoms with van der Waals surface area (Å²) in [5, 5.41) is 1.40. The van der Waals surface area contributed by atoms with Crippen LogP contribution in [0.2, 0.25) is 13.1 Å². The van der Waals surface area contributed by atoms with Gasteiger partial charge in [0.15, 0.2) is 0 Å². The van der Waals surface area contributed by atoms with Crippen molar-refractivity contribution >= 4 is 14.0 Å². The van der Waals surface area contributed by atoms with E-state index in [1.54, 1.807) is 0 Å². The minimum absolute atomic E-state index is 0.407. The Kier molecular flexibility index (Phi) is 5.13. The maximum absolute atomic E-state index is 4.70. The summed E-state index contributed by atoms with van der Waals surface area (Å²) in [6, 6.07) is 13.1. The monoisotopic (exact) mass is 282 g/mol. The Hall–Kier alpha value is -1.41. The van der Waals surface area contributed by atoms with Crippen molar-refractivity contribution in [1.82, 2.24) is 4.98 Å². The molecule has 1 heterocycles. The van der Waals surface area contributed by atoms with Gasteiger partial charge in [0.1, 0.15) is 0 Å². The number of rotatable bonds is 5. The smallest absolute Gasteiger partial charge is 0.0812 e. The molecular formula is C18H24NSi. The van der Waals surface area contributed by atoms with Crippen molar-refractivity contribution < 1.29 is 0 Å². The molecule has 2 aromatic rings. The molecule has 0 spiro atoms. The van der Waals surface area contributed by atoms with Gasteiger partial charge < -0.3 is 0 Å². The summed E-state index contributed by atoms with van der Waals surface area (Å²) in [7, 11) is -0.407. The van der Waals surface area contributed by atoms with Gasteiger partial charge in [0.2, 0.25) is 0 Å². The van der Waals surface area contributed by atoms with Gasteiger partial charge >= 0.3 is 0 Å². The van der Waals surface area contributed by atoms with Crippen molar-refractivity contribution in [3.05, 3.63) is 48.2 Å². The molecule has 0 amide bonds. The molecule has 1 atom stereocenters. The summed E-state index contributed by atoms with van der Waals surface area (Å²) in [5.41, 5.74) is 3.82. The number of hydrogen-bond donors (Lipinski definition) is 0. The second-order valence-corrected chi connectivity index (χ2v) is 8.29. The molecule has 0 aliphatic carbocycles. The lowest BCUT2D eigenvalue weighted by atomic mass is 9.91. The SMILES string of the molecule is CCCC(C)c1ccccc1-c1ccc([Si](C)C)cn1. The molecule has 1 aromatic carbocycles. The molecule has 0 bridgehead atoms. The van der Waals surface area contributed by atoms with Gasteiger partial charge in [-0.1, -0.05) is 63.7 Å². The van der Waals surface area contributed by atoms with E-state index in [0.717, 1.165) is 5.69 Å². The van der Waals surface area contributed by atoms with Crippen LogP contribution in [0.15, 0.2) is 42.6 Å². The molecule has 1 aromatic heterocycles. The highest BCUT2D eigenvalue weighted by molar-refractivity contribution is 6.70. The summed E-state index contributed by atoms with van der Waals surface area (Å²) < 4.78 is 0. The number of benzene rings is 1. The van der Waals surface area contributed by atoms with Gasteiger partial charge in [-0.25, -0.2) is 0 Å². The van der Waals surface area contributed by atoms with Crippen molar-refractivity contribution in [2.75, 3.05) is 0 Å². The van der Waals surface area contributed by atoms with E-state index in [0.29, 0.717) is 5.92 Å². The number of pyridine rings is 1. The lowest BCUT2D eigenvalue weighted by Gasteiger charge is -2.16. The molecule has 20 heavy (non-hydrogen) atoms. The van der Waals surface area contributed by atoms with E-state index >= 15 is 0 Å². The third kappa shape index (κ3) is 3.37. The van der Waals surface area contributed by atoms with E-state index in [9.17, 15) is 0 Å². The highest BCUT2D eigenvalue weighted by atomic mass is 28.3. The Labute approximate surface area is 124 Å². The minimum atomic E-state index is -0.407. The molecule has 0 aliphatic heterocycles. The Morgan fingerprint density at radius 2 is 1.85 bits per heavy atom. The lowest BCUT2D eigenvalue weighted by molar-refractivity contribution is 0.666. The molecular weight excluding hydrogens is 258 g/mol. The van der Waals surface area contributed by atoms with E-state index in [4.69, 9.17) is 4.98 Å². The number of nitrogens with zero attached hydrogens (tertiary/aromatic N) is 1. The van der Waals surface area contributed by atoms with Crippen molar-refractivity contribution in [3.63, 3.8) is 0 Å². The maximum Gasteiger partial charge on any atom is 0.0812 e. The third-order valence-electron chi connectivity index (χ3n) is 3.83. The van der Waals surface area contributed by atoms with Crippen LogP contribution in [0.25, 0.3) is 11.3 Å². The zero-order valence-electron chi connectivity index (χ0n) is 13.0. The molecule has 0 saturated heterocycles. The van der Waals surface area contributed by atoms with Crippen molar-refractivity contribution in [1.29, 1.82) is 0 Å². The Morgan fingerprint density at radius 1 is 1.10 bits per heavy atom. The highest BCUT2D eigenvalue weighted by Gasteiger charge is 2.12. The largest absolute Gasteiger partial charge is 0.256 e. The first-order valence-electron chi connectivity index (χ1n) is 7.49. The van der Waals surface area contributed by atoms with Gasteiger partial charge in [0.05, 0.1) is 14.5 Å². The fourth-order valence-corrected chi connectivity index (χ4v) is 3.34. The third-order valence-corrected chi connectivity index (χ3v) is 5.28. The first-order valence-corrected chi connectivity index (χ1v) is 9.99. The van der Waals surface area contributed by atoms with Crippen LogP contribution in [-0.2, 0) is 0 Å². The zero-order valence-corrected chi connectivity index (χ0v) is 14.0. The second-order valence-electron chi connectivity index (χ2n) is 5.71. The van der Waals surface area contributed by atoms with Gasteiger partial charge in [0.25, 0.3) is 0 Å². The summed E-state index contributed by atoms with van der Waals surface area (Å²) in [6.07, 6.45) is 4.51. The van der Waals surface area contributed by atoms with Crippen LogP contribution in [0.4, 0.5) is 0 Å². The standard InChI is InChI=1S/C18H24NSi/c1-5-8-14(2)16-9-6-7-10-17(16)18-12-11-15(13-19-18)20(3)4/h6-7,9-14H,5,8H2,1-4H3. The molecule has 1 unspecified atom stereocenters. The average Bonchev–Trinajstić information content (AvgIpc) is 2.47. The first kappa shape index (κ1) is 15.0. The second kappa shape index (κ2) is 6.85. The molecule has 105 valence electrons. The van der Waals surface area contributed by atoms with E-state index < -0.39 is 8.80 Å². The average molecular weight is 282 g/mol. The molecule has 0 N–H and O–H groups in total. The summed E-state index contributed by atoms with van der Waals surface area (Å²) in [4.78, 5) is 4.70. The Bertz CT molecular complexity index is 546. The van der Waals surface area contributed by atoms with Crippen LogP contribution in [-0.4, -0.2) is 13.8 Å². The first-order chi connectivity index (χ1) is 9.63. The van der Waals surface area contributed by atoms with Gasteiger partial charge in [0, 0.05) is 11.8 Å². The summed E-state index contributed by atoms with van der Waals surface area (Å²) in [6.45, 7) is 9.17. The zero-order chi connectivity index (χ0) is 14.5. The molecule has 1 nitrogen and oxygen atoms in total. The lowest BCUT2D eigenvalue weighted by Crippen LogP contribution is -2.22. The number of hydrogen-bond acceptors (Lipinski definition) is 1. The van der Waals surface area contributed by atoms with E-state index in [1.165, 1.54) is 29.2 Å². The summed E-state index contributed by atoms with van der Waals surface area (Å²) >= 11 is 0. The van der Waals surface area contributed by atoms with Crippen molar-refractivity contribution in [3.8, 4) is 11.3 Å². The fourth-order valence-electron chi connectivity index (χ4n) is 2.60. The quantitative estimate of drug-likeness (QED) is 0.730. The van der Waals surface area contributed by atoms with E-state index in [2.05, 4.69) is 69.5 Å². The Morgan fingerprint density at radius 3 is 2.45 bits per heavy atom. The van der Waals surface area contributed by atoms with Crippen LogP contribution < -0.4 is 5.19 Å². The van der Waals surface area contributed by atoms with Crippen LogP contribution in [0.5, 0.6) is 0 Å². The molecule has 0 saturated carbocycles. The van der Waals surface area contributed by atoms with Crippen molar-refractivity contribution in [2.24, 2.45) is 0 Å². The van der Waals surface area contributed by atoms with E-state index in [-0.39, 0.29) is 0 Å². The molecule has 0 fully saturated rings. The van der Waals surface area contributed by atoms with Crippen LogP contribution in [0.1, 0.15) is 38.2 Å². The normalized spacial score (nSPS) is 12.7. The van der Waals surface area contributed by atoms with Gasteiger partial charge in [-0.15, -0.1) is 0 Å². The predicted molar refractivity (Wildman–Crippen MR) is 90.1 cm³/mol. The molecule has 2 heteroatoms.